The average Bonchev–Trinajstić information content (AvgIpc) is 2.87. The van der Waals surface area contributed by atoms with Gasteiger partial charge in [0.2, 0.25) is 0 Å². The van der Waals surface area contributed by atoms with Crippen molar-refractivity contribution in [1.82, 2.24) is 0 Å². The Morgan fingerprint density at radius 3 is 2.50 bits per heavy atom. The molecule has 20 heavy (non-hydrogen) atoms. The van der Waals surface area contributed by atoms with Crippen molar-refractivity contribution in [2.45, 2.75) is 12.5 Å². The fraction of sp³-hybridized carbons (Fsp3) is 0.125. The van der Waals surface area contributed by atoms with Gasteiger partial charge in [-0.15, -0.1) is 0 Å². The second-order valence-corrected chi connectivity index (χ2v) is 6.33. The van der Waals surface area contributed by atoms with Crippen LogP contribution < -0.4 is 0 Å². The minimum absolute atomic E-state index is 0.513. The van der Waals surface area contributed by atoms with Crippen LogP contribution in [0.15, 0.2) is 61.9 Å². The largest absolute Gasteiger partial charge is 0.457 e. The van der Waals surface area contributed by atoms with Crippen LogP contribution in [0, 0.1) is 0 Å². The molecule has 0 amide bonds. The van der Waals surface area contributed by atoms with Crippen molar-refractivity contribution in [2.75, 3.05) is 0 Å². The molecule has 1 atom stereocenters. The third kappa shape index (κ3) is 2.68. The molecule has 3 rings (SSSR count). The summed E-state index contributed by atoms with van der Waals surface area (Å²) in [4.78, 5) is 0. The van der Waals surface area contributed by atoms with Gasteiger partial charge in [0.15, 0.2) is 0 Å². The Balaban J connectivity index is 1.91. The molecule has 0 saturated heterocycles. The number of fused-ring (bicyclic) bond motifs is 1. The first-order chi connectivity index (χ1) is 9.65. The van der Waals surface area contributed by atoms with E-state index in [2.05, 4.69) is 31.9 Å². The molecule has 0 spiro atoms. The van der Waals surface area contributed by atoms with Crippen molar-refractivity contribution < 1.29 is 9.52 Å². The Bertz CT molecular complexity index is 749. The predicted octanol–water partition coefficient (Wildman–Crippen LogP) is 5.23. The van der Waals surface area contributed by atoms with E-state index in [1.54, 1.807) is 0 Å². The predicted molar refractivity (Wildman–Crippen MR) is 86.7 cm³/mol. The van der Waals surface area contributed by atoms with Gasteiger partial charge in [-0.05, 0) is 39.7 Å². The number of hydrogen-bond donors (Lipinski definition) is 1. The molecule has 2 aromatic carbocycles. The van der Waals surface area contributed by atoms with Crippen molar-refractivity contribution in [2.24, 2.45) is 0 Å². The van der Waals surface area contributed by atoms with Crippen molar-refractivity contribution in [3.05, 3.63) is 68.8 Å². The molecule has 2 nitrogen and oxygen atoms in total. The third-order valence-electron chi connectivity index (χ3n) is 3.21. The lowest BCUT2D eigenvalue weighted by atomic mass is 10.1. The van der Waals surface area contributed by atoms with Gasteiger partial charge in [-0.2, -0.15) is 0 Å². The van der Waals surface area contributed by atoms with Crippen LogP contribution in [0.2, 0.25) is 0 Å². The van der Waals surface area contributed by atoms with Crippen molar-refractivity contribution in [3.63, 3.8) is 0 Å². The Morgan fingerprint density at radius 2 is 1.75 bits per heavy atom. The van der Waals surface area contributed by atoms with Crippen LogP contribution >= 0.6 is 31.9 Å². The van der Waals surface area contributed by atoms with E-state index in [1.165, 1.54) is 0 Å². The van der Waals surface area contributed by atoms with E-state index >= 15 is 0 Å². The lowest BCUT2D eigenvalue weighted by Crippen LogP contribution is -2.00. The second kappa shape index (κ2) is 5.72. The zero-order valence-electron chi connectivity index (χ0n) is 10.5. The smallest absolute Gasteiger partial charge is 0.148 e. The molecule has 0 fully saturated rings. The first kappa shape index (κ1) is 13.9. The van der Waals surface area contributed by atoms with Crippen molar-refractivity contribution in [3.8, 4) is 0 Å². The molecule has 0 saturated carbocycles. The summed E-state index contributed by atoms with van der Waals surface area (Å²) in [6.45, 7) is 0. The van der Waals surface area contributed by atoms with Crippen LogP contribution in [0.25, 0.3) is 11.0 Å². The summed E-state index contributed by atoms with van der Waals surface area (Å²) in [5.74, 6) is 0.586. The van der Waals surface area contributed by atoms with E-state index in [4.69, 9.17) is 4.42 Å². The van der Waals surface area contributed by atoms with Gasteiger partial charge in [0, 0.05) is 16.3 Å². The maximum atomic E-state index is 10.4. The highest BCUT2D eigenvalue weighted by atomic mass is 79.9. The van der Waals surface area contributed by atoms with Gasteiger partial charge < -0.3 is 9.52 Å². The van der Waals surface area contributed by atoms with E-state index in [0.717, 1.165) is 25.5 Å². The molecule has 1 aromatic heterocycles. The Kier molecular flexibility index (Phi) is 3.96. The first-order valence-electron chi connectivity index (χ1n) is 6.24. The number of furan rings is 1. The molecule has 1 heterocycles. The maximum absolute atomic E-state index is 10.4. The number of benzene rings is 2. The van der Waals surface area contributed by atoms with E-state index < -0.39 is 6.10 Å². The zero-order valence-corrected chi connectivity index (χ0v) is 13.7. The highest BCUT2D eigenvalue weighted by Crippen LogP contribution is 2.31. The molecule has 0 aliphatic heterocycles. The van der Waals surface area contributed by atoms with E-state index in [1.807, 2.05) is 48.5 Å². The van der Waals surface area contributed by atoms with E-state index in [-0.39, 0.29) is 0 Å². The molecule has 4 heteroatoms. The van der Waals surface area contributed by atoms with Gasteiger partial charge in [0.25, 0.3) is 0 Å². The van der Waals surface area contributed by atoms with Gasteiger partial charge in [0.05, 0.1) is 4.47 Å². The van der Waals surface area contributed by atoms with E-state index in [9.17, 15) is 5.11 Å². The van der Waals surface area contributed by atoms with E-state index in [0.29, 0.717) is 12.2 Å². The Labute approximate surface area is 133 Å². The first-order valence-corrected chi connectivity index (χ1v) is 7.83. The monoisotopic (exact) mass is 394 g/mol. The molecule has 0 radical (unpaired) electrons. The molecule has 0 aliphatic carbocycles. The summed E-state index contributed by atoms with van der Waals surface area (Å²) in [5, 5.41) is 11.3. The highest BCUT2D eigenvalue weighted by Gasteiger charge is 2.16. The fourth-order valence-corrected chi connectivity index (χ4v) is 3.09. The fourth-order valence-electron chi connectivity index (χ4n) is 2.18. The van der Waals surface area contributed by atoms with Gasteiger partial charge in [0.1, 0.15) is 17.4 Å². The van der Waals surface area contributed by atoms with Crippen molar-refractivity contribution >= 4 is 42.8 Å². The summed E-state index contributed by atoms with van der Waals surface area (Å²) in [5.41, 5.74) is 1.83. The SMILES string of the molecule is OC(Cc1ccccc1Br)c1cc2cccc(Br)c2o1. The summed E-state index contributed by atoms with van der Waals surface area (Å²) in [6, 6.07) is 15.6. The van der Waals surface area contributed by atoms with Gasteiger partial charge in [-0.25, -0.2) is 0 Å². The number of aliphatic hydroxyl groups is 1. The molecule has 3 aromatic rings. The van der Waals surface area contributed by atoms with Gasteiger partial charge in [-0.3, -0.25) is 0 Å². The lowest BCUT2D eigenvalue weighted by Gasteiger charge is -2.09. The highest BCUT2D eigenvalue weighted by molar-refractivity contribution is 9.11. The van der Waals surface area contributed by atoms with Crippen LogP contribution in [-0.4, -0.2) is 5.11 Å². The number of aliphatic hydroxyl groups excluding tert-OH is 1. The zero-order chi connectivity index (χ0) is 14.1. The minimum atomic E-state index is -0.659. The summed E-state index contributed by atoms with van der Waals surface area (Å²) >= 11 is 6.95. The minimum Gasteiger partial charge on any atom is -0.457 e. The van der Waals surface area contributed by atoms with Crippen molar-refractivity contribution in [1.29, 1.82) is 0 Å². The third-order valence-corrected chi connectivity index (χ3v) is 4.61. The summed E-state index contributed by atoms with van der Waals surface area (Å²) in [7, 11) is 0. The Morgan fingerprint density at radius 1 is 1.00 bits per heavy atom. The molecular weight excluding hydrogens is 384 g/mol. The molecule has 0 bridgehead atoms. The molecule has 102 valence electrons. The topological polar surface area (TPSA) is 33.4 Å². The van der Waals surface area contributed by atoms with Gasteiger partial charge in [-0.1, -0.05) is 46.3 Å². The van der Waals surface area contributed by atoms with Gasteiger partial charge >= 0.3 is 0 Å². The number of para-hydroxylation sites is 1. The summed E-state index contributed by atoms with van der Waals surface area (Å²) in [6.07, 6.45) is -0.146. The standard InChI is InChI=1S/C16H12Br2O2/c17-12-6-2-1-4-10(12)8-14(19)15-9-11-5-3-7-13(18)16(11)20-15/h1-7,9,14,19H,8H2. The maximum Gasteiger partial charge on any atom is 0.148 e. The van der Waals surface area contributed by atoms with Crippen LogP contribution in [0.3, 0.4) is 0 Å². The molecular formula is C16H12Br2O2. The average molecular weight is 396 g/mol. The molecule has 1 unspecified atom stereocenters. The lowest BCUT2D eigenvalue weighted by molar-refractivity contribution is 0.152. The van der Waals surface area contributed by atoms with Crippen LogP contribution in [0.5, 0.6) is 0 Å². The van der Waals surface area contributed by atoms with Crippen LogP contribution in [-0.2, 0) is 6.42 Å². The number of rotatable bonds is 3. The number of hydrogen-bond acceptors (Lipinski definition) is 2. The summed E-state index contributed by atoms with van der Waals surface area (Å²) < 4.78 is 7.65. The van der Waals surface area contributed by atoms with Crippen LogP contribution in [0.4, 0.5) is 0 Å². The number of halogens is 2. The Hall–Kier alpha value is -1.10. The quantitative estimate of drug-likeness (QED) is 0.658. The molecule has 1 N–H and O–H groups in total. The van der Waals surface area contributed by atoms with Crippen LogP contribution in [0.1, 0.15) is 17.4 Å². The normalized spacial score (nSPS) is 12.8. The molecule has 0 aliphatic rings. The second-order valence-electron chi connectivity index (χ2n) is 4.62.